The topological polar surface area (TPSA) is 80.2 Å². The van der Waals surface area contributed by atoms with Gasteiger partial charge in [0, 0.05) is 5.56 Å². The van der Waals surface area contributed by atoms with Gasteiger partial charge in [-0.1, -0.05) is 18.2 Å². The predicted octanol–water partition coefficient (Wildman–Crippen LogP) is 2.46. The first-order chi connectivity index (χ1) is 11.6. The largest absolute Gasteiger partial charge is 0.504 e. The summed E-state index contributed by atoms with van der Waals surface area (Å²) < 4.78 is 23.6. The number of phenolic OH excluding ortho intramolecular Hbond substituents is 1. The predicted molar refractivity (Wildman–Crippen MR) is 86.9 cm³/mol. The van der Waals surface area contributed by atoms with E-state index in [0.717, 1.165) is 0 Å². The fourth-order valence-electron chi connectivity index (χ4n) is 1.83. The maximum absolute atomic E-state index is 13.3. The number of para-hydroxylation sites is 2. The van der Waals surface area contributed by atoms with Gasteiger partial charge in [0.25, 0.3) is 5.91 Å². The van der Waals surface area contributed by atoms with Crippen LogP contribution < -0.4 is 14.9 Å². The Labute approximate surface area is 138 Å². The molecule has 0 unspecified atom stereocenters. The second-order valence-corrected chi connectivity index (χ2v) is 4.64. The number of rotatable bonds is 7. The first kappa shape index (κ1) is 17.3. The fraction of sp³-hybridized carbons (Fsp3) is 0.176. The van der Waals surface area contributed by atoms with Gasteiger partial charge in [-0.15, -0.1) is 0 Å². The number of benzene rings is 2. The Kier molecular flexibility index (Phi) is 6.13. The number of carbonyl (C=O) groups excluding carboxylic acids is 1. The van der Waals surface area contributed by atoms with E-state index in [1.54, 1.807) is 31.2 Å². The van der Waals surface area contributed by atoms with Crippen molar-refractivity contribution in [2.24, 2.45) is 5.10 Å². The molecule has 6 nitrogen and oxygen atoms in total. The van der Waals surface area contributed by atoms with Crippen LogP contribution in [0.15, 0.2) is 47.6 Å². The molecule has 0 heterocycles. The zero-order chi connectivity index (χ0) is 17.4. The van der Waals surface area contributed by atoms with Gasteiger partial charge in [-0.3, -0.25) is 4.79 Å². The van der Waals surface area contributed by atoms with Crippen LogP contribution in [0.4, 0.5) is 4.39 Å². The minimum absolute atomic E-state index is 0.0151. The highest BCUT2D eigenvalue weighted by molar-refractivity contribution is 5.86. The van der Waals surface area contributed by atoms with Crippen LogP contribution in [0.5, 0.6) is 17.2 Å². The van der Waals surface area contributed by atoms with Gasteiger partial charge in [-0.2, -0.15) is 5.10 Å². The molecule has 24 heavy (non-hydrogen) atoms. The van der Waals surface area contributed by atoms with Crippen molar-refractivity contribution < 1.29 is 23.8 Å². The number of carbonyl (C=O) groups is 1. The molecule has 0 bridgehead atoms. The van der Waals surface area contributed by atoms with E-state index in [9.17, 15) is 14.3 Å². The Morgan fingerprint density at radius 3 is 2.71 bits per heavy atom. The quantitative estimate of drug-likeness (QED) is 0.603. The van der Waals surface area contributed by atoms with E-state index in [1.165, 1.54) is 24.4 Å². The highest BCUT2D eigenvalue weighted by Crippen LogP contribution is 2.28. The molecule has 2 aromatic carbocycles. The Hall–Kier alpha value is -3.09. The van der Waals surface area contributed by atoms with Crippen molar-refractivity contribution in [2.45, 2.75) is 6.92 Å². The Balaban J connectivity index is 1.89. The van der Waals surface area contributed by atoms with Gasteiger partial charge in [-0.25, -0.2) is 9.82 Å². The van der Waals surface area contributed by atoms with Crippen molar-refractivity contribution in [1.29, 1.82) is 0 Å². The van der Waals surface area contributed by atoms with E-state index in [0.29, 0.717) is 17.9 Å². The molecule has 7 heteroatoms. The summed E-state index contributed by atoms with van der Waals surface area (Å²) in [5.41, 5.74) is 2.62. The van der Waals surface area contributed by atoms with E-state index < -0.39 is 11.7 Å². The van der Waals surface area contributed by atoms with Crippen LogP contribution in [-0.2, 0) is 4.79 Å². The molecule has 126 valence electrons. The maximum Gasteiger partial charge on any atom is 0.277 e. The summed E-state index contributed by atoms with van der Waals surface area (Å²) in [6.45, 7) is 1.83. The third-order valence-electron chi connectivity index (χ3n) is 2.92. The minimum Gasteiger partial charge on any atom is -0.504 e. The first-order valence-corrected chi connectivity index (χ1v) is 7.25. The number of hydrogen-bond acceptors (Lipinski definition) is 5. The monoisotopic (exact) mass is 332 g/mol. The molecule has 2 rings (SSSR count). The molecule has 1 amide bonds. The Bertz CT molecular complexity index is 734. The summed E-state index contributed by atoms with van der Waals surface area (Å²) in [4.78, 5) is 11.6. The summed E-state index contributed by atoms with van der Waals surface area (Å²) in [6, 6.07) is 10.7. The van der Waals surface area contributed by atoms with Gasteiger partial charge in [-0.05, 0) is 31.2 Å². The summed E-state index contributed by atoms with van der Waals surface area (Å²) >= 11 is 0. The molecular formula is C17H17FN2O4. The molecule has 0 radical (unpaired) electrons. The lowest BCUT2D eigenvalue weighted by molar-refractivity contribution is -0.123. The number of halogens is 1. The van der Waals surface area contributed by atoms with Gasteiger partial charge in [0.15, 0.2) is 29.7 Å². The van der Waals surface area contributed by atoms with Crippen molar-refractivity contribution in [1.82, 2.24) is 5.43 Å². The molecule has 0 aliphatic heterocycles. The van der Waals surface area contributed by atoms with Crippen LogP contribution in [0.25, 0.3) is 0 Å². The summed E-state index contributed by atoms with van der Waals surface area (Å²) in [6.07, 6.45) is 1.28. The molecule has 0 spiro atoms. The lowest BCUT2D eigenvalue weighted by Crippen LogP contribution is -2.24. The van der Waals surface area contributed by atoms with Crippen LogP contribution >= 0.6 is 0 Å². The number of amides is 1. The number of phenols is 1. The van der Waals surface area contributed by atoms with Crippen molar-refractivity contribution >= 4 is 12.1 Å². The summed E-state index contributed by atoms with van der Waals surface area (Å²) in [5, 5.41) is 13.7. The SMILES string of the molecule is CCOc1cccc(/C=N/NC(=O)COc2ccccc2F)c1O. The van der Waals surface area contributed by atoms with E-state index in [-0.39, 0.29) is 18.1 Å². The molecule has 0 aliphatic carbocycles. The minimum atomic E-state index is -0.560. The standard InChI is InChI=1S/C17H17FN2O4/c1-2-23-15-9-5-6-12(17(15)22)10-19-20-16(21)11-24-14-8-4-3-7-13(14)18/h3-10,22H,2,11H2,1H3,(H,20,21)/b19-10+. The highest BCUT2D eigenvalue weighted by Gasteiger charge is 2.07. The van der Waals surface area contributed by atoms with Crippen molar-refractivity contribution in [3.8, 4) is 17.2 Å². The highest BCUT2D eigenvalue weighted by atomic mass is 19.1. The average Bonchev–Trinajstić information content (AvgIpc) is 2.57. The van der Waals surface area contributed by atoms with Gasteiger partial charge in [0.1, 0.15) is 0 Å². The Morgan fingerprint density at radius 1 is 1.21 bits per heavy atom. The molecule has 2 N–H and O–H groups in total. The molecule has 0 saturated heterocycles. The first-order valence-electron chi connectivity index (χ1n) is 7.25. The lowest BCUT2D eigenvalue weighted by Gasteiger charge is -2.07. The Morgan fingerprint density at radius 2 is 1.96 bits per heavy atom. The van der Waals surface area contributed by atoms with Gasteiger partial charge in [0.2, 0.25) is 0 Å². The number of ether oxygens (including phenoxy) is 2. The van der Waals surface area contributed by atoms with Gasteiger partial charge < -0.3 is 14.6 Å². The molecule has 0 fully saturated rings. The zero-order valence-electron chi connectivity index (χ0n) is 13.0. The molecule has 2 aromatic rings. The molecule has 0 aliphatic rings. The van der Waals surface area contributed by atoms with E-state index in [4.69, 9.17) is 9.47 Å². The molecular weight excluding hydrogens is 315 g/mol. The van der Waals surface area contributed by atoms with Crippen LogP contribution in [0, 0.1) is 5.82 Å². The van der Waals surface area contributed by atoms with Gasteiger partial charge in [0.05, 0.1) is 12.8 Å². The number of hydrogen-bond donors (Lipinski definition) is 2. The number of nitrogens with zero attached hydrogens (tertiary/aromatic N) is 1. The van der Waals surface area contributed by atoms with Crippen molar-refractivity contribution in [3.63, 3.8) is 0 Å². The number of aromatic hydroxyl groups is 1. The number of hydrazone groups is 1. The third kappa shape index (κ3) is 4.70. The van der Waals surface area contributed by atoms with E-state index in [2.05, 4.69) is 10.5 Å². The van der Waals surface area contributed by atoms with E-state index >= 15 is 0 Å². The second kappa shape index (κ2) is 8.52. The van der Waals surface area contributed by atoms with Crippen LogP contribution in [-0.4, -0.2) is 30.4 Å². The zero-order valence-corrected chi connectivity index (χ0v) is 13.0. The lowest BCUT2D eigenvalue weighted by atomic mass is 10.2. The van der Waals surface area contributed by atoms with Crippen LogP contribution in [0.1, 0.15) is 12.5 Å². The smallest absolute Gasteiger partial charge is 0.277 e. The fourth-order valence-corrected chi connectivity index (χ4v) is 1.83. The third-order valence-corrected chi connectivity index (χ3v) is 2.92. The van der Waals surface area contributed by atoms with Crippen molar-refractivity contribution in [3.05, 3.63) is 53.8 Å². The average molecular weight is 332 g/mol. The molecule has 0 aromatic heterocycles. The normalized spacial score (nSPS) is 10.6. The molecule has 0 atom stereocenters. The maximum atomic E-state index is 13.3. The number of nitrogens with one attached hydrogen (secondary N) is 1. The van der Waals surface area contributed by atoms with Crippen LogP contribution in [0.3, 0.4) is 0 Å². The summed E-state index contributed by atoms with van der Waals surface area (Å²) in [5.74, 6) is -0.865. The van der Waals surface area contributed by atoms with Crippen molar-refractivity contribution in [2.75, 3.05) is 13.2 Å². The van der Waals surface area contributed by atoms with E-state index in [1.807, 2.05) is 0 Å². The van der Waals surface area contributed by atoms with Gasteiger partial charge >= 0.3 is 0 Å². The summed E-state index contributed by atoms with van der Waals surface area (Å²) in [7, 11) is 0. The van der Waals surface area contributed by atoms with Crippen LogP contribution in [0.2, 0.25) is 0 Å². The second-order valence-electron chi connectivity index (χ2n) is 4.64. The molecule has 0 saturated carbocycles.